The van der Waals surface area contributed by atoms with Crippen molar-refractivity contribution in [3.63, 3.8) is 0 Å². The van der Waals surface area contributed by atoms with Gasteiger partial charge in [0.2, 0.25) is 11.8 Å². The highest BCUT2D eigenvalue weighted by atomic mass is 33.1. The Morgan fingerprint density at radius 2 is 0.977 bits per heavy atom. The minimum Gasteiger partial charge on any atom is -0.480 e. The van der Waals surface area contributed by atoms with Crippen LogP contribution in [0, 0.1) is 0 Å². The summed E-state index contributed by atoms with van der Waals surface area (Å²) in [6.45, 7) is 7.33. The highest BCUT2D eigenvalue weighted by molar-refractivity contribution is 8.76. The van der Waals surface area contributed by atoms with Crippen LogP contribution in [0.15, 0.2) is 0 Å². The van der Waals surface area contributed by atoms with Crippen molar-refractivity contribution in [2.24, 2.45) is 0 Å². The van der Waals surface area contributed by atoms with Crippen molar-refractivity contribution in [2.75, 3.05) is 46.2 Å². The molecule has 6 N–H and O–H groups in total. The van der Waals surface area contributed by atoms with E-state index in [9.17, 15) is 29.4 Å². The van der Waals surface area contributed by atoms with E-state index in [1.807, 2.05) is 27.9 Å². The second-order valence-electron chi connectivity index (χ2n) is 11.0. The Hall–Kier alpha value is -1.50. The summed E-state index contributed by atoms with van der Waals surface area (Å²) >= 11 is 0. The second-order valence-corrected chi connectivity index (χ2v) is 13.7. The number of carbonyl (C=O) groups excluding carboxylic acids is 2. The largest absolute Gasteiger partial charge is 0.480 e. The van der Waals surface area contributed by atoms with E-state index in [1.54, 1.807) is 0 Å². The smallest absolute Gasteiger partial charge is 0.326 e. The molecule has 0 heterocycles. The molecule has 0 aromatic rings. The number of hydrogen-bond acceptors (Lipinski definition) is 7. The van der Waals surface area contributed by atoms with Crippen molar-refractivity contribution in [1.82, 2.24) is 16.0 Å². The first-order valence-corrected chi connectivity index (χ1v) is 19.2. The van der Waals surface area contributed by atoms with Crippen LogP contribution in [0.1, 0.15) is 124 Å². The molecule has 0 aliphatic heterocycles. The molecule has 12 heteroatoms. The molecule has 2 amide bonds. The van der Waals surface area contributed by atoms with Gasteiger partial charge < -0.3 is 31.1 Å². The molecular formula is C32H67N4O6S2+. The van der Waals surface area contributed by atoms with Crippen LogP contribution in [-0.4, -0.2) is 92.3 Å². The number of nitrogens with one attached hydrogen (secondary N) is 4. The van der Waals surface area contributed by atoms with Crippen LogP contribution in [0.2, 0.25) is 0 Å². The zero-order valence-electron chi connectivity index (χ0n) is 28.9. The summed E-state index contributed by atoms with van der Waals surface area (Å²) in [5.41, 5.74) is 0. The average Bonchev–Trinajstić information content (AvgIpc) is 2.97. The number of carboxylic acid groups (broad SMARTS) is 2. The summed E-state index contributed by atoms with van der Waals surface area (Å²) in [7, 11) is 11.0. The van der Waals surface area contributed by atoms with Crippen molar-refractivity contribution >= 4 is 45.3 Å². The van der Waals surface area contributed by atoms with Gasteiger partial charge in [-0.15, -0.1) is 0 Å². The van der Waals surface area contributed by atoms with E-state index in [2.05, 4.69) is 37.0 Å². The Labute approximate surface area is 276 Å². The van der Waals surface area contributed by atoms with E-state index >= 15 is 0 Å². The normalized spacial score (nSPS) is 11.8. The molecule has 262 valence electrons. The van der Waals surface area contributed by atoms with E-state index in [0.717, 1.165) is 38.5 Å². The number of quaternary nitrogens is 1. The number of amides is 2. The first-order valence-electron chi connectivity index (χ1n) is 16.7. The third-order valence-electron chi connectivity index (χ3n) is 6.42. The Morgan fingerprint density at radius 1 is 0.636 bits per heavy atom. The third-order valence-corrected chi connectivity index (χ3v) is 8.89. The topological polar surface area (TPSA) is 149 Å². The van der Waals surface area contributed by atoms with Crippen molar-refractivity contribution in [3.05, 3.63) is 0 Å². The summed E-state index contributed by atoms with van der Waals surface area (Å²) in [6, 6.07) is -1.84. The zero-order chi connectivity index (χ0) is 34.0. The zero-order valence-corrected chi connectivity index (χ0v) is 30.6. The van der Waals surface area contributed by atoms with E-state index in [0.29, 0.717) is 37.2 Å². The minimum atomic E-state index is -1.05. The molecule has 10 nitrogen and oxygen atoms in total. The molecule has 0 bridgehead atoms. The van der Waals surface area contributed by atoms with Gasteiger partial charge in [0.1, 0.15) is 12.1 Å². The van der Waals surface area contributed by atoms with Gasteiger partial charge in [0.05, 0.1) is 20.6 Å². The number of rotatable bonds is 27. The summed E-state index contributed by atoms with van der Waals surface area (Å²) in [4.78, 5) is 48.8. The number of carboxylic acids is 2. The molecule has 0 aliphatic carbocycles. The van der Waals surface area contributed by atoms with Crippen LogP contribution < -0.4 is 20.9 Å². The number of unbranched alkanes of at least 4 members (excludes halogenated alkanes) is 10. The number of carbonyl (C=O) groups is 4. The number of hydrogen-bond donors (Lipinski definition) is 6. The highest BCUT2D eigenvalue weighted by Crippen LogP contribution is 2.24. The first-order chi connectivity index (χ1) is 21.1. The van der Waals surface area contributed by atoms with Crippen LogP contribution in [0.5, 0.6) is 0 Å². The molecule has 44 heavy (non-hydrogen) atoms. The van der Waals surface area contributed by atoms with Crippen LogP contribution in [0.4, 0.5) is 0 Å². The summed E-state index contributed by atoms with van der Waals surface area (Å²) in [5, 5.41) is 26.9. The molecule has 0 aromatic carbocycles. The van der Waals surface area contributed by atoms with Crippen molar-refractivity contribution in [2.45, 2.75) is 136 Å². The van der Waals surface area contributed by atoms with Crippen LogP contribution >= 0.6 is 21.6 Å². The lowest BCUT2D eigenvalue weighted by Gasteiger charge is -2.15. The Morgan fingerprint density at radius 3 is 1.32 bits per heavy atom. The van der Waals surface area contributed by atoms with Gasteiger partial charge in [-0.05, 0) is 52.6 Å². The van der Waals surface area contributed by atoms with Gasteiger partial charge in [-0.2, -0.15) is 0 Å². The van der Waals surface area contributed by atoms with Crippen molar-refractivity contribution < 1.29 is 34.3 Å². The fourth-order valence-corrected chi connectivity index (χ4v) is 6.22. The maximum absolute atomic E-state index is 12.2. The van der Waals surface area contributed by atoms with Gasteiger partial charge in [0.25, 0.3) is 0 Å². The molecule has 0 rings (SSSR count). The quantitative estimate of drug-likeness (QED) is 0.0538. The minimum absolute atomic E-state index is 0.225. The maximum Gasteiger partial charge on any atom is 0.326 e. The third kappa shape index (κ3) is 35.0. The molecule has 0 spiro atoms. The average molecular weight is 668 g/mol. The molecule has 0 radical (unpaired) electrons. The fraction of sp³-hybridized carbons (Fsp3) is 0.875. The molecule has 2 atom stereocenters. The summed E-state index contributed by atoms with van der Waals surface area (Å²) in [6.07, 6.45) is 14.1. The molecule has 0 aromatic heterocycles. The van der Waals surface area contributed by atoms with Crippen LogP contribution in [0.25, 0.3) is 0 Å². The van der Waals surface area contributed by atoms with Gasteiger partial charge in [-0.25, -0.2) is 9.59 Å². The lowest BCUT2D eigenvalue weighted by molar-refractivity contribution is -0.858. The van der Waals surface area contributed by atoms with E-state index in [1.165, 1.54) is 71.6 Å². The van der Waals surface area contributed by atoms with Gasteiger partial charge in [0, 0.05) is 24.3 Å². The van der Waals surface area contributed by atoms with Gasteiger partial charge in [-0.3, -0.25) is 9.59 Å². The standard InChI is InChI=1S/C28H53N3O6S2.C2H7N.C2H6/c1-4-5-6-7-10-13-16-25(32)29-23(27(34)35)18-21-38-39-22-19-24(28(36)37)30-26(33)17-14-11-8-9-12-15-20-31(2)3;1-3-2;1-2/h23-24H,4-22H2,1-3H3,(H,29,32)(H,30,33)(H,34,35)(H,36,37);3H,1-2H3;1-2H3/p+1. The maximum atomic E-state index is 12.2. The molecule has 0 fully saturated rings. The van der Waals surface area contributed by atoms with E-state index in [4.69, 9.17) is 0 Å². The molecule has 2 unspecified atom stereocenters. The summed E-state index contributed by atoms with van der Waals surface area (Å²) < 4.78 is 0. The van der Waals surface area contributed by atoms with Crippen LogP contribution in [0.3, 0.4) is 0 Å². The van der Waals surface area contributed by atoms with Crippen molar-refractivity contribution in [1.29, 1.82) is 0 Å². The fourth-order valence-electron chi connectivity index (χ4n) is 4.03. The Balaban J connectivity index is -0.00000315. The van der Waals surface area contributed by atoms with Gasteiger partial charge >= 0.3 is 11.9 Å². The summed E-state index contributed by atoms with van der Waals surface area (Å²) in [5.74, 6) is -1.52. The van der Waals surface area contributed by atoms with E-state index in [-0.39, 0.29) is 11.8 Å². The first kappa shape index (κ1) is 46.9. The lowest BCUT2D eigenvalue weighted by atomic mass is 10.1. The Kier molecular flexibility index (Phi) is 38.4. The molecule has 0 aliphatic rings. The number of aliphatic carboxylic acids is 2. The van der Waals surface area contributed by atoms with Gasteiger partial charge in [0.15, 0.2) is 0 Å². The second kappa shape index (κ2) is 36.0. The van der Waals surface area contributed by atoms with E-state index < -0.39 is 24.0 Å². The van der Waals surface area contributed by atoms with Crippen LogP contribution in [-0.2, 0) is 19.2 Å². The highest BCUT2D eigenvalue weighted by Gasteiger charge is 2.21. The predicted octanol–water partition coefficient (Wildman–Crippen LogP) is 4.77. The monoisotopic (exact) mass is 667 g/mol. The lowest BCUT2D eigenvalue weighted by Crippen LogP contribution is -3.05. The van der Waals surface area contributed by atoms with Gasteiger partial charge in [-0.1, -0.05) is 93.7 Å². The predicted molar refractivity (Wildman–Crippen MR) is 188 cm³/mol. The SMILES string of the molecule is CC.CCCCCCCCC(=O)NC(CCSSCCC(NC(=O)CCCCCCCC[NH+](C)C)C(=O)O)C(=O)O.CNC. The molecular weight excluding hydrogens is 601 g/mol. The molecule has 0 saturated heterocycles. The van der Waals surface area contributed by atoms with Crippen molar-refractivity contribution in [3.8, 4) is 0 Å². The molecule has 0 saturated carbocycles. The Bertz CT molecular complexity index is 702.